The molecule has 1 unspecified atom stereocenters. The number of benzene rings is 2. The standard InChI is InChI=1S/C20H18Cl2N2O4S/c1-3-15(19(26)27)24-16-6-5-14(28-4-2)10-17(16)29-20(24)23-18(25)11-7-12(21)9-13(22)8-11/h5-10,15H,3-4H2,1-2H3,(H,26,27)/b23-20-. The molecule has 152 valence electrons. The van der Waals surface area contributed by atoms with Gasteiger partial charge in [-0.25, -0.2) is 4.79 Å². The maximum absolute atomic E-state index is 12.7. The fourth-order valence-electron chi connectivity index (χ4n) is 2.96. The summed E-state index contributed by atoms with van der Waals surface area (Å²) in [5, 5.41) is 10.3. The quantitative estimate of drug-likeness (QED) is 0.558. The van der Waals surface area contributed by atoms with E-state index in [9.17, 15) is 14.7 Å². The number of amides is 1. The molecule has 0 aliphatic rings. The molecule has 0 aliphatic carbocycles. The lowest BCUT2D eigenvalue weighted by atomic mass is 10.2. The molecule has 3 rings (SSSR count). The minimum atomic E-state index is -0.999. The molecule has 0 spiro atoms. The lowest BCUT2D eigenvalue weighted by Crippen LogP contribution is -2.27. The first-order chi connectivity index (χ1) is 13.8. The van der Waals surface area contributed by atoms with Crippen molar-refractivity contribution in [2.45, 2.75) is 26.3 Å². The molecule has 0 aliphatic heterocycles. The SMILES string of the molecule is CCOc1ccc2c(c1)s/c(=N\C(=O)c1cc(Cl)cc(Cl)c1)n2C(CC)C(=O)O. The van der Waals surface area contributed by atoms with Crippen LogP contribution in [0.4, 0.5) is 0 Å². The maximum atomic E-state index is 12.7. The molecule has 1 atom stereocenters. The zero-order valence-electron chi connectivity index (χ0n) is 15.7. The Morgan fingerprint density at radius 2 is 1.86 bits per heavy atom. The van der Waals surface area contributed by atoms with E-state index < -0.39 is 17.9 Å². The molecule has 9 heteroatoms. The molecule has 0 bridgehead atoms. The Labute approximate surface area is 181 Å². The first-order valence-corrected chi connectivity index (χ1v) is 10.5. The van der Waals surface area contributed by atoms with Gasteiger partial charge in [-0.3, -0.25) is 4.79 Å². The van der Waals surface area contributed by atoms with E-state index in [4.69, 9.17) is 27.9 Å². The van der Waals surface area contributed by atoms with E-state index in [1.807, 2.05) is 13.0 Å². The van der Waals surface area contributed by atoms with Crippen LogP contribution in [-0.4, -0.2) is 28.2 Å². The third-order valence-corrected chi connectivity index (χ3v) is 5.65. The fraction of sp³-hybridized carbons (Fsp3) is 0.250. The van der Waals surface area contributed by atoms with Crippen LogP contribution >= 0.6 is 34.5 Å². The number of carboxylic acid groups (broad SMARTS) is 1. The Morgan fingerprint density at radius 3 is 2.45 bits per heavy atom. The fourth-order valence-corrected chi connectivity index (χ4v) is 4.58. The first-order valence-electron chi connectivity index (χ1n) is 8.89. The van der Waals surface area contributed by atoms with E-state index in [2.05, 4.69) is 4.99 Å². The number of rotatable bonds is 6. The number of nitrogens with zero attached hydrogens (tertiary/aromatic N) is 2. The number of hydrogen-bond donors (Lipinski definition) is 1. The number of aliphatic carboxylic acids is 1. The van der Waals surface area contributed by atoms with E-state index in [0.29, 0.717) is 34.3 Å². The van der Waals surface area contributed by atoms with Gasteiger partial charge in [-0.2, -0.15) is 4.99 Å². The number of thiazole rings is 1. The number of aromatic nitrogens is 1. The summed E-state index contributed by atoms with van der Waals surface area (Å²) in [7, 11) is 0. The van der Waals surface area contributed by atoms with Crippen LogP contribution in [0.25, 0.3) is 10.2 Å². The van der Waals surface area contributed by atoms with Crippen LogP contribution in [0.2, 0.25) is 10.0 Å². The van der Waals surface area contributed by atoms with Crippen molar-refractivity contribution in [1.29, 1.82) is 0 Å². The predicted octanol–water partition coefficient (Wildman–Crippen LogP) is 5.19. The Bertz CT molecular complexity index is 1130. The molecule has 0 saturated heterocycles. The maximum Gasteiger partial charge on any atom is 0.326 e. The number of hydrogen-bond acceptors (Lipinski definition) is 4. The van der Waals surface area contributed by atoms with Crippen molar-refractivity contribution in [1.82, 2.24) is 4.57 Å². The summed E-state index contributed by atoms with van der Waals surface area (Å²) in [6.07, 6.45) is 0.332. The molecule has 6 nitrogen and oxygen atoms in total. The normalized spacial score (nSPS) is 12.9. The molecule has 0 radical (unpaired) electrons. The summed E-state index contributed by atoms with van der Waals surface area (Å²) in [5.74, 6) is -0.892. The van der Waals surface area contributed by atoms with Gasteiger partial charge < -0.3 is 14.4 Å². The third-order valence-electron chi connectivity index (χ3n) is 4.20. The highest BCUT2D eigenvalue weighted by molar-refractivity contribution is 7.16. The largest absolute Gasteiger partial charge is 0.494 e. The van der Waals surface area contributed by atoms with Crippen molar-refractivity contribution < 1.29 is 19.4 Å². The molecule has 2 aromatic carbocycles. The summed E-state index contributed by atoms with van der Waals surface area (Å²) in [6.45, 7) is 4.16. The van der Waals surface area contributed by atoms with Crippen molar-refractivity contribution in [3.05, 3.63) is 56.8 Å². The van der Waals surface area contributed by atoms with Gasteiger partial charge in [0.2, 0.25) is 0 Å². The predicted molar refractivity (Wildman–Crippen MR) is 114 cm³/mol. The molecule has 1 heterocycles. The van der Waals surface area contributed by atoms with Gasteiger partial charge in [0.15, 0.2) is 4.80 Å². The Kier molecular flexibility index (Phi) is 6.62. The smallest absolute Gasteiger partial charge is 0.326 e. The van der Waals surface area contributed by atoms with Crippen LogP contribution < -0.4 is 9.54 Å². The van der Waals surface area contributed by atoms with Crippen molar-refractivity contribution in [3.8, 4) is 5.75 Å². The van der Waals surface area contributed by atoms with Crippen molar-refractivity contribution >= 4 is 56.6 Å². The molecule has 0 fully saturated rings. The lowest BCUT2D eigenvalue weighted by molar-refractivity contribution is -0.140. The molecule has 1 amide bonds. The summed E-state index contributed by atoms with van der Waals surface area (Å²) in [4.78, 5) is 29.1. The third kappa shape index (κ3) is 4.63. The van der Waals surface area contributed by atoms with Crippen molar-refractivity contribution in [2.75, 3.05) is 6.61 Å². The van der Waals surface area contributed by atoms with Gasteiger partial charge in [0.1, 0.15) is 11.8 Å². The molecular formula is C20H18Cl2N2O4S. The van der Waals surface area contributed by atoms with Crippen LogP contribution in [0.1, 0.15) is 36.7 Å². The molecule has 1 N–H and O–H groups in total. The Morgan fingerprint density at radius 1 is 1.17 bits per heavy atom. The number of fused-ring (bicyclic) bond motifs is 1. The Balaban J connectivity index is 2.22. The second kappa shape index (κ2) is 8.98. The van der Waals surface area contributed by atoms with Gasteiger partial charge in [-0.15, -0.1) is 0 Å². The number of carbonyl (C=O) groups is 2. The second-order valence-electron chi connectivity index (χ2n) is 6.15. The van der Waals surface area contributed by atoms with E-state index >= 15 is 0 Å². The number of carbonyl (C=O) groups excluding carboxylic acids is 1. The highest BCUT2D eigenvalue weighted by Gasteiger charge is 2.22. The summed E-state index contributed by atoms with van der Waals surface area (Å²) in [5.41, 5.74) is 0.897. The molecular weight excluding hydrogens is 435 g/mol. The average molecular weight is 453 g/mol. The molecule has 3 aromatic rings. The van der Waals surface area contributed by atoms with Crippen molar-refractivity contribution in [2.24, 2.45) is 4.99 Å². The number of ether oxygens (including phenoxy) is 1. The number of carboxylic acids is 1. The molecule has 29 heavy (non-hydrogen) atoms. The van der Waals surface area contributed by atoms with Gasteiger partial charge in [0.05, 0.1) is 16.8 Å². The second-order valence-corrected chi connectivity index (χ2v) is 8.04. The topological polar surface area (TPSA) is 80.9 Å². The van der Waals surface area contributed by atoms with E-state index in [0.717, 1.165) is 4.70 Å². The lowest BCUT2D eigenvalue weighted by Gasteiger charge is -2.13. The van der Waals surface area contributed by atoms with Gasteiger partial charge in [-0.05, 0) is 49.7 Å². The van der Waals surface area contributed by atoms with Gasteiger partial charge in [0, 0.05) is 15.6 Å². The van der Waals surface area contributed by atoms with Crippen LogP contribution in [0, 0.1) is 0 Å². The van der Waals surface area contributed by atoms with Crippen molar-refractivity contribution in [3.63, 3.8) is 0 Å². The van der Waals surface area contributed by atoms with Crippen LogP contribution in [0.3, 0.4) is 0 Å². The first kappa shape index (κ1) is 21.4. The van der Waals surface area contributed by atoms with E-state index in [1.165, 1.54) is 29.5 Å². The van der Waals surface area contributed by atoms with E-state index in [-0.39, 0.29) is 10.4 Å². The monoisotopic (exact) mass is 452 g/mol. The van der Waals surface area contributed by atoms with Crippen LogP contribution in [0.15, 0.2) is 41.4 Å². The van der Waals surface area contributed by atoms with E-state index in [1.54, 1.807) is 23.6 Å². The van der Waals surface area contributed by atoms with Gasteiger partial charge in [0.25, 0.3) is 5.91 Å². The van der Waals surface area contributed by atoms with Gasteiger partial charge in [-0.1, -0.05) is 41.5 Å². The van der Waals surface area contributed by atoms with Gasteiger partial charge >= 0.3 is 5.97 Å². The zero-order valence-corrected chi connectivity index (χ0v) is 18.0. The average Bonchev–Trinajstić information content (AvgIpc) is 2.98. The minimum Gasteiger partial charge on any atom is -0.494 e. The summed E-state index contributed by atoms with van der Waals surface area (Å²) < 4.78 is 7.87. The minimum absolute atomic E-state index is 0.227. The van der Waals surface area contributed by atoms with Crippen LogP contribution in [0.5, 0.6) is 5.75 Å². The molecule has 0 saturated carbocycles. The highest BCUT2D eigenvalue weighted by Crippen LogP contribution is 2.27. The zero-order chi connectivity index (χ0) is 21.1. The Hall–Kier alpha value is -2.35. The molecule has 1 aromatic heterocycles. The summed E-state index contributed by atoms with van der Waals surface area (Å²) >= 11 is 13.2. The summed E-state index contributed by atoms with van der Waals surface area (Å²) in [6, 6.07) is 8.96. The highest BCUT2D eigenvalue weighted by atomic mass is 35.5. The number of halogens is 2. The van der Waals surface area contributed by atoms with Crippen LogP contribution in [-0.2, 0) is 4.79 Å².